The van der Waals surface area contributed by atoms with Crippen LogP contribution in [0.3, 0.4) is 0 Å². The molecule has 0 aliphatic heterocycles. The number of ether oxygens (including phenoxy) is 1. The summed E-state index contributed by atoms with van der Waals surface area (Å²) in [5, 5.41) is 0. The second-order valence-corrected chi connectivity index (χ2v) is 4.49. The van der Waals surface area contributed by atoms with Gasteiger partial charge in [-0.25, -0.2) is 0 Å². The van der Waals surface area contributed by atoms with Gasteiger partial charge < -0.3 is 4.74 Å². The number of hydrogen-bond acceptors (Lipinski definition) is 1. The predicted octanol–water partition coefficient (Wildman–Crippen LogP) is 4.28. The van der Waals surface area contributed by atoms with Gasteiger partial charge in [-0.3, -0.25) is 0 Å². The fourth-order valence-corrected chi connectivity index (χ4v) is 2.17. The minimum absolute atomic E-state index is 0.568. The number of hydrogen-bond donors (Lipinski definition) is 0. The molecule has 0 saturated heterocycles. The van der Waals surface area contributed by atoms with Crippen LogP contribution in [0.15, 0.2) is 24.3 Å². The maximum Gasteiger partial charge on any atom is 0.122 e. The monoisotopic (exact) mass is 240 g/mol. The molecule has 0 fully saturated rings. The van der Waals surface area contributed by atoms with Crippen LogP contribution in [0.1, 0.15) is 31.7 Å². The first kappa shape index (κ1) is 13.4. The smallest absolute Gasteiger partial charge is 0.122 e. The van der Waals surface area contributed by atoms with Crippen molar-refractivity contribution >= 4 is 11.6 Å². The van der Waals surface area contributed by atoms with E-state index in [9.17, 15) is 0 Å². The normalized spacial score (nSPS) is 12.4. The van der Waals surface area contributed by atoms with E-state index < -0.39 is 0 Å². The Morgan fingerprint density at radius 3 is 2.69 bits per heavy atom. The van der Waals surface area contributed by atoms with Crippen LogP contribution < -0.4 is 4.74 Å². The molecule has 1 nitrogen and oxygen atoms in total. The van der Waals surface area contributed by atoms with Crippen LogP contribution in [0.5, 0.6) is 5.75 Å². The van der Waals surface area contributed by atoms with Gasteiger partial charge in [-0.05, 0) is 30.4 Å². The summed E-state index contributed by atoms with van der Waals surface area (Å²) in [7, 11) is 1.72. The molecule has 0 N–H and O–H groups in total. The summed E-state index contributed by atoms with van der Waals surface area (Å²) >= 11 is 6.01. The molecular formula is C14H21ClO. The molecule has 2 heteroatoms. The SMILES string of the molecule is CCCCC(CCl)Cc1ccccc1OC. The number of rotatable bonds is 7. The molecule has 0 aliphatic rings. The van der Waals surface area contributed by atoms with E-state index in [0.717, 1.165) is 18.1 Å². The molecule has 1 aromatic rings. The highest BCUT2D eigenvalue weighted by Crippen LogP contribution is 2.23. The van der Waals surface area contributed by atoms with E-state index >= 15 is 0 Å². The number of halogens is 1. The van der Waals surface area contributed by atoms with Gasteiger partial charge in [-0.15, -0.1) is 11.6 Å². The second kappa shape index (κ2) is 7.56. The highest BCUT2D eigenvalue weighted by Gasteiger charge is 2.10. The minimum atomic E-state index is 0.568. The number of benzene rings is 1. The van der Waals surface area contributed by atoms with Crippen LogP contribution in [0.25, 0.3) is 0 Å². The Morgan fingerprint density at radius 2 is 2.06 bits per heavy atom. The number of methoxy groups -OCH3 is 1. The van der Waals surface area contributed by atoms with Crippen molar-refractivity contribution < 1.29 is 4.74 Å². The Morgan fingerprint density at radius 1 is 1.31 bits per heavy atom. The molecule has 0 bridgehead atoms. The van der Waals surface area contributed by atoms with E-state index in [0.29, 0.717) is 5.92 Å². The zero-order valence-electron chi connectivity index (χ0n) is 10.2. The zero-order chi connectivity index (χ0) is 11.8. The molecule has 0 saturated carbocycles. The quantitative estimate of drug-likeness (QED) is 0.647. The Kier molecular flexibility index (Phi) is 6.32. The summed E-state index contributed by atoms with van der Waals surface area (Å²) in [4.78, 5) is 0. The fourth-order valence-electron chi connectivity index (χ4n) is 1.91. The lowest BCUT2D eigenvalue weighted by Crippen LogP contribution is -2.07. The van der Waals surface area contributed by atoms with Crippen LogP contribution in [-0.4, -0.2) is 13.0 Å². The zero-order valence-corrected chi connectivity index (χ0v) is 11.0. The number of unbranched alkanes of at least 4 members (excludes halogenated alkanes) is 1. The van der Waals surface area contributed by atoms with Crippen LogP contribution in [-0.2, 0) is 6.42 Å². The summed E-state index contributed by atoms with van der Waals surface area (Å²) in [6.07, 6.45) is 4.72. The molecule has 1 aromatic carbocycles. The highest BCUT2D eigenvalue weighted by atomic mass is 35.5. The third kappa shape index (κ3) is 4.05. The van der Waals surface area contributed by atoms with Crippen molar-refractivity contribution in [1.82, 2.24) is 0 Å². The van der Waals surface area contributed by atoms with Crippen LogP contribution in [0.4, 0.5) is 0 Å². The van der Waals surface area contributed by atoms with Gasteiger partial charge in [-0.2, -0.15) is 0 Å². The van der Waals surface area contributed by atoms with E-state index in [-0.39, 0.29) is 0 Å². The first-order valence-electron chi connectivity index (χ1n) is 5.99. The van der Waals surface area contributed by atoms with Crippen molar-refractivity contribution in [1.29, 1.82) is 0 Å². The molecular weight excluding hydrogens is 220 g/mol. The van der Waals surface area contributed by atoms with Crippen molar-refractivity contribution in [3.05, 3.63) is 29.8 Å². The van der Waals surface area contributed by atoms with Gasteiger partial charge in [0.25, 0.3) is 0 Å². The van der Waals surface area contributed by atoms with Crippen molar-refractivity contribution in [3.63, 3.8) is 0 Å². The third-order valence-corrected chi connectivity index (χ3v) is 3.32. The molecule has 1 atom stereocenters. The Balaban J connectivity index is 2.62. The molecule has 0 aliphatic carbocycles. The van der Waals surface area contributed by atoms with Gasteiger partial charge in [0.1, 0.15) is 5.75 Å². The van der Waals surface area contributed by atoms with Crippen molar-refractivity contribution in [2.75, 3.05) is 13.0 Å². The largest absolute Gasteiger partial charge is 0.496 e. The van der Waals surface area contributed by atoms with E-state index in [4.69, 9.17) is 16.3 Å². The lowest BCUT2D eigenvalue weighted by molar-refractivity contribution is 0.403. The van der Waals surface area contributed by atoms with Crippen LogP contribution in [0, 0.1) is 5.92 Å². The maximum absolute atomic E-state index is 6.01. The van der Waals surface area contributed by atoms with Crippen LogP contribution >= 0.6 is 11.6 Å². The Labute approximate surface area is 104 Å². The molecule has 0 heterocycles. The van der Waals surface area contributed by atoms with E-state index in [2.05, 4.69) is 19.1 Å². The van der Waals surface area contributed by atoms with Gasteiger partial charge in [0.05, 0.1) is 7.11 Å². The average Bonchev–Trinajstić information content (AvgIpc) is 2.34. The van der Waals surface area contributed by atoms with Crippen molar-refractivity contribution in [3.8, 4) is 5.75 Å². The predicted molar refractivity (Wildman–Crippen MR) is 70.4 cm³/mol. The summed E-state index contributed by atoms with van der Waals surface area (Å²) in [6, 6.07) is 8.21. The molecule has 16 heavy (non-hydrogen) atoms. The molecule has 0 radical (unpaired) electrons. The Bertz CT molecular complexity index is 299. The summed E-state index contributed by atoms with van der Waals surface area (Å²) < 4.78 is 5.35. The Hall–Kier alpha value is -0.690. The highest BCUT2D eigenvalue weighted by molar-refractivity contribution is 6.18. The number of alkyl halides is 1. The molecule has 90 valence electrons. The van der Waals surface area contributed by atoms with E-state index in [1.165, 1.54) is 24.8 Å². The maximum atomic E-state index is 6.01. The molecule has 0 aromatic heterocycles. The standard InChI is InChI=1S/C14H21ClO/c1-3-4-7-12(11-15)10-13-8-5-6-9-14(13)16-2/h5-6,8-9,12H,3-4,7,10-11H2,1-2H3. The van der Waals surface area contributed by atoms with Gasteiger partial charge in [0, 0.05) is 5.88 Å². The average molecular weight is 241 g/mol. The van der Waals surface area contributed by atoms with Gasteiger partial charge in [0.2, 0.25) is 0 Å². The van der Waals surface area contributed by atoms with Gasteiger partial charge >= 0.3 is 0 Å². The molecule has 0 spiro atoms. The van der Waals surface area contributed by atoms with E-state index in [1.807, 2.05) is 12.1 Å². The van der Waals surface area contributed by atoms with Crippen LogP contribution in [0.2, 0.25) is 0 Å². The van der Waals surface area contributed by atoms with E-state index in [1.54, 1.807) is 7.11 Å². The third-order valence-electron chi connectivity index (χ3n) is 2.89. The molecule has 0 amide bonds. The summed E-state index contributed by atoms with van der Waals surface area (Å²) in [5.41, 5.74) is 1.27. The summed E-state index contributed by atoms with van der Waals surface area (Å²) in [6.45, 7) is 2.22. The summed E-state index contributed by atoms with van der Waals surface area (Å²) in [5.74, 6) is 2.28. The lowest BCUT2D eigenvalue weighted by atomic mass is 9.95. The van der Waals surface area contributed by atoms with Gasteiger partial charge in [-0.1, -0.05) is 38.0 Å². The van der Waals surface area contributed by atoms with Crippen molar-refractivity contribution in [2.45, 2.75) is 32.6 Å². The first-order valence-corrected chi connectivity index (χ1v) is 6.53. The fraction of sp³-hybridized carbons (Fsp3) is 0.571. The van der Waals surface area contributed by atoms with Gasteiger partial charge in [0.15, 0.2) is 0 Å². The number of para-hydroxylation sites is 1. The lowest BCUT2D eigenvalue weighted by Gasteiger charge is -2.15. The topological polar surface area (TPSA) is 9.23 Å². The molecule has 1 rings (SSSR count). The molecule has 1 unspecified atom stereocenters. The van der Waals surface area contributed by atoms with Crippen molar-refractivity contribution in [2.24, 2.45) is 5.92 Å². The first-order chi connectivity index (χ1) is 7.81. The minimum Gasteiger partial charge on any atom is -0.496 e. The second-order valence-electron chi connectivity index (χ2n) is 4.18.